The zero-order valence-electron chi connectivity index (χ0n) is 10.3. The fourth-order valence-electron chi connectivity index (χ4n) is 1.58. The first-order chi connectivity index (χ1) is 7.21. The number of aromatic hydroxyl groups is 2. The van der Waals surface area contributed by atoms with E-state index < -0.39 is 6.10 Å². The molecule has 0 spiro atoms. The summed E-state index contributed by atoms with van der Waals surface area (Å²) in [5, 5.41) is 28.6. The first-order valence-corrected chi connectivity index (χ1v) is 5.45. The molecule has 3 N–H and O–H groups in total. The van der Waals surface area contributed by atoms with Crippen LogP contribution in [0.1, 0.15) is 38.8 Å². The van der Waals surface area contributed by atoms with Crippen LogP contribution in [-0.4, -0.2) is 21.4 Å². The Morgan fingerprint density at radius 2 is 1.75 bits per heavy atom. The molecule has 0 amide bonds. The highest BCUT2D eigenvalue weighted by Crippen LogP contribution is 2.35. The van der Waals surface area contributed by atoms with E-state index in [1.54, 1.807) is 13.0 Å². The zero-order valence-corrected chi connectivity index (χ0v) is 10.3. The van der Waals surface area contributed by atoms with Crippen LogP contribution < -0.4 is 0 Å². The summed E-state index contributed by atoms with van der Waals surface area (Å²) < 4.78 is 0. The van der Waals surface area contributed by atoms with Crippen molar-refractivity contribution in [2.45, 2.75) is 45.6 Å². The minimum Gasteiger partial charge on any atom is -0.504 e. The second-order valence-corrected chi connectivity index (χ2v) is 5.31. The summed E-state index contributed by atoms with van der Waals surface area (Å²) in [6.07, 6.45) is -0.205. The Kier molecular flexibility index (Phi) is 3.48. The van der Waals surface area contributed by atoms with E-state index in [0.29, 0.717) is 12.0 Å². The third kappa shape index (κ3) is 2.89. The Hall–Kier alpha value is -1.22. The number of aliphatic hydroxyl groups excluding tert-OH is 1. The smallest absolute Gasteiger partial charge is 0.160 e. The summed E-state index contributed by atoms with van der Waals surface area (Å²) in [5.41, 5.74) is 1.43. The van der Waals surface area contributed by atoms with Crippen LogP contribution in [0.4, 0.5) is 0 Å². The number of phenolic OH excluding ortho intramolecular Hbond substituents is 2. The van der Waals surface area contributed by atoms with Gasteiger partial charge in [-0.05, 0) is 24.0 Å². The van der Waals surface area contributed by atoms with Crippen LogP contribution in [0.25, 0.3) is 0 Å². The molecule has 0 saturated carbocycles. The maximum absolute atomic E-state index is 9.68. The van der Waals surface area contributed by atoms with E-state index in [1.165, 1.54) is 0 Å². The highest BCUT2D eigenvalue weighted by atomic mass is 16.3. The number of hydrogen-bond acceptors (Lipinski definition) is 3. The van der Waals surface area contributed by atoms with Crippen LogP contribution in [0.2, 0.25) is 0 Å². The average Bonchev–Trinajstić information content (AvgIpc) is 2.10. The monoisotopic (exact) mass is 224 g/mol. The zero-order chi connectivity index (χ0) is 12.5. The summed E-state index contributed by atoms with van der Waals surface area (Å²) in [6, 6.07) is 3.41. The standard InChI is InChI=1S/C13H20O3/c1-8(14)5-9-6-10(13(2,3)4)7-11(15)12(9)16/h6-8,14-16H,5H2,1-4H3. The molecular formula is C13H20O3. The number of aliphatic hydroxyl groups is 1. The number of hydrogen-bond donors (Lipinski definition) is 3. The lowest BCUT2D eigenvalue weighted by Crippen LogP contribution is -2.12. The van der Waals surface area contributed by atoms with Crippen LogP contribution in [0, 0.1) is 0 Å². The van der Waals surface area contributed by atoms with E-state index in [9.17, 15) is 15.3 Å². The van der Waals surface area contributed by atoms with Gasteiger partial charge in [0.1, 0.15) is 0 Å². The molecule has 0 radical (unpaired) electrons. The predicted molar refractivity (Wildman–Crippen MR) is 63.9 cm³/mol. The molecule has 0 fully saturated rings. The second-order valence-electron chi connectivity index (χ2n) is 5.31. The molecule has 0 saturated heterocycles. The van der Waals surface area contributed by atoms with Crippen molar-refractivity contribution < 1.29 is 15.3 Å². The van der Waals surface area contributed by atoms with Gasteiger partial charge in [-0.25, -0.2) is 0 Å². The molecule has 1 rings (SSSR count). The molecule has 0 bridgehead atoms. The minimum absolute atomic E-state index is 0.0986. The number of phenols is 2. The van der Waals surface area contributed by atoms with E-state index in [4.69, 9.17) is 0 Å². The van der Waals surface area contributed by atoms with Crippen molar-refractivity contribution in [1.29, 1.82) is 0 Å². The molecule has 0 aromatic heterocycles. The van der Waals surface area contributed by atoms with E-state index in [0.717, 1.165) is 5.56 Å². The summed E-state index contributed by atoms with van der Waals surface area (Å²) in [5.74, 6) is -0.253. The van der Waals surface area contributed by atoms with Gasteiger partial charge >= 0.3 is 0 Å². The number of rotatable bonds is 2. The molecule has 0 heterocycles. The Labute approximate surface area is 96.4 Å². The van der Waals surface area contributed by atoms with Crippen molar-refractivity contribution >= 4 is 0 Å². The number of benzene rings is 1. The Morgan fingerprint density at radius 1 is 1.19 bits per heavy atom. The average molecular weight is 224 g/mol. The third-order valence-electron chi connectivity index (χ3n) is 2.55. The van der Waals surface area contributed by atoms with E-state index >= 15 is 0 Å². The molecule has 1 atom stereocenters. The van der Waals surface area contributed by atoms with Crippen LogP contribution in [-0.2, 0) is 11.8 Å². The Bertz CT molecular complexity index is 375. The molecule has 0 aliphatic rings. The van der Waals surface area contributed by atoms with Gasteiger partial charge in [0.2, 0.25) is 0 Å². The maximum Gasteiger partial charge on any atom is 0.160 e. The molecule has 0 aliphatic carbocycles. The summed E-state index contributed by atoms with van der Waals surface area (Å²) in [6.45, 7) is 7.75. The third-order valence-corrected chi connectivity index (χ3v) is 2.55. The van der Waals surface area contributed by atoms with Crippen molar-refractivity contribution in [3.63, 3.8) is 0 Å². The van der Waals surface area contributed by atoms with Gasteiger partial charge in [-0.1, -0.05) is 26.8 Å². The molecular weight excluding hydrogens is 204 g/mol. The Morgan fingerprint density at radius 3 is 2.19 bits per heavy atom. The van der Waals surface area contributed by atoms with Crippen LogP contribution in [0.3, 0.4) is 0 Å². The SMILES string of the molecule is CC(O)Cc1cc(C(C)(C)C)cc(O)c1O. The first kappa shape index (κ1) is 12.8. The van der Waals surface area contributed by atoms with Crippen LogP contribution >= 0.6 is 0 Å². The second kappa shape index (κ2) is 4.34. The topological polar surface area (TPSA) is 60.7 Å². The maximum atomic E-state index is 9.68. The fraction of sp³-hybridized carbons (Fsp3) is 0.538. The van der Waals surface area contributed by atoms with E-state index in [-0.39, 0.29) is 16.9 Å². The first-order valence-electron chi connectivity index (χ1n) is 5.45. The van der Waals surface area contributed by atoms with E-state index in [1.807, 2.05) is 26.8 Å². The lowest BCUT2D eigenvalue weighted by atomic mass is 9.85. The highest BCUT2D eigenvalue weighted by molar-refractivity contribution is 5.49. The lowest BCUT2D eigenvalue weighted by molar-refractivity contribution is 0.194. The van der Waals surface area contributed by atoms with Crippen molar-refractivity contribution in [3.05, 3.63) is 23.3 Å². The molecule has 1 aromatic carbocycles. The van der Waals surface area contributed by atoms with Crippen molar-refractivity contribution in [2.75, 3.05) is 0 Å². The largest absolute Gasteiger partial charge is 0.504 e. The molecule has 16 heavy (non-hydrogen) atoms. The molecule has 1 aromatic rings. The normalized spacial score (nSPS) is 13.8. The summed E-state index contributed by atoms with van der Waals surface area (Å²) in [4.78, 5) is 0. The molecule has 90 valence electrons. The quantitative estimate of drug-likeness (QED) is 0.676. The van der Waals surface area contributed by atoms with Gasteiger partial charge in [0, 0.05) is 12.0 Å². The molecule has 3 heteroatoms. The van der Waals surface area contributed by atoms with Gasteiger partial charge in [-0.3, -0.25) is 0 Å². The molecule has 3 nitrogen and oxygen atoms in total. The van der Waals surface area contributed by atoms with Crippen LogP contribution in [0.15, 0.2) is 12.1 Å². The lowest BCUT2D eigenvalue weighted by Gasteiger charge is -2.21. The van der Waals surface area contributed by atoms with Gasteiger partial charge in [0.25, 0.3) is 0 Å². The Balaban J connectivity index is 3.22. The van der Waals surface area contributed by atoms with E-state index in [2.05, 4.69) is 0 Å². The van der Waals surface area contributed by atoms with Crippen LogP contribution in [0.5, 0.6) is 11.5 Å². The van der Waals surface area contributed by atoms with Gasteiger partial charge in [0.15, 0.2) is 11.5 Å². The van der Waals surface area contributed by atoms with Gasteiger partial charge in [-0.2, -0.15) is 0 Å². The van der Waals surface area contributed by atoms with Crippen molar-refractivity contribution in [1.82, 2.24) is 0 Å². The minimum atomic E-state index is -0.541. The molecule has 1 unspecified atom stereocenters. The predicted octanol–water partition coefficient (Wildman–Crippen LogP) is 2.32. The summed E-state index contributed by atoms with van der Waals surface area (Å²) in [7, 11) is 0. The van der Waals surface area contributed by atoms with Crippen molar-refractivity contribution in [3.8, 4) is 11.5 Å². The highest BCUT2D eigenvalue weighted by Gasteiger charge is 2.18. The van der Waals surface area contributed by atoms with Crippen molar-refractivity contribution in [2.24, 2.45) is 0 Å². The van der Waals surface area contributed by atoms with Gasteiger partial charge in [-0.15, -0.1) is 0 Å². The fourth-order valence-corrected chi connectivity index (χ4v) is 1.58. The van der Waals surface area contributed by atoms with Gasteiger partial charge in [0.05, 0.1) is 6.10 Å². The molecule has 0 aliphatic heterocycles. The van der Waals surface area contributed by atoms with Gasteiger partial charge < -0.3 is 15.3 Å². The summed E-state index contributed by atoms with van der Waals surface area (Å²) >= 11 is 0.